The first-order valence-electron chi connectivity index (χ1n) is 5.41. The van der Waals surface area contributed by atoms with Crippen LogP contribution in [0.2, 0.25) is 5.02 Å². The Labute approximate surface area is 110 Å². The average molecular weight is 307 g/mol. The Bertz CT molecular complexity index is 333. The third-order valence-corrected chi connectivity index (χ3v) is 3.30. The Morgan fingerprint density at radius 1 is 1.50 bits per heavy atom. The minimum atomic E-state index is 0.255. The summed E-state index contributed by atoms with van der Waals surface area (Å²) in [6.45, 7) is 3.13. The van der Waals surface area contributed by atoms with Gasteiger partial charge in [0.25, 0.3) is 0 Å². The maximum atomic E-state index is 8.72. The van der Waals surface area contributed by atoms with Crippen LogP contribution in [0.25, 0.3) is 0 Å². The number of nitrogens with one attached hydrogen (secondary N) is 1. The second-order valence-electron chi connectivity index (χ2n) is 3.88. The zero-order chi connectivity index (χ0) is 12.0. The van der Waals surface area contributed by atoms with Crippen LogP contribution in [0.15, 0.2) is 22.7 Å². The van der Waals surface area contributed by atoms with E-state index in [-0.39, 0.29) is 6.61 Å². The minimum absolute atomic E-state index is 0.255. The van der Waals surface area contributed by atoms with Crippen LogP contribution in [-0.2, 0) is 6.54 Å². The van der Waals surface area contributed by atoms with E-state index in [0.717, 1.165) is 34.4 Å². The molecule has 0 aliphatic rings. The van der Waals surface area contributed by atoms with Crippen LogP contribution in [0.5, 0.6) is 0 Å². The molecule has 0 saturated carbocycles. The van der Waals surface area contributed by atoms with Gasteiger partial charge in [-0.1, -0.05) is 33.6 Å². The third kappa shape index (κ3) is 4.83. The van der Waals surface area contributed by atoms with Gasteiger partial charge in [0.1, 0.15) is 0 Å². The summed E-state index contributed by atoms with van der Waals surface area (Å²) in [7, 11) is 0. The molecule has 1 aromatic rings. The van der Waals surface area contributed by atoms with Crippen LogP contribution in [0, 0.1) is 0 Å². The fourth-order valence-corrected chi connectivity index (χ4v) is 2.19. The van der Waals surface area contributed by atoms with Crippen molar-refractivity contribution >= 4 is 27.5 Å². The number of hydrogen-bond acceptors (Lipinski definition) is 2. The van der Waals surface area contributed by atoms with Gasteiger partial charge in [-0.3, -0.25) is 0 Å². The Morgan fingerprint density at radius 2 is 2.25 bits per heavy atom. The van der Waals surface area contributed by atoms with E-state index in [1.165, 1.54) is 0 Å². The topological polar surface area (TPSA) is 32.3 Å². The second-order valence-corrected chi connectivity index (χ2v) is 5.21. The van der Waals surface area contributed by atoms with E-state index in [1.807, 2.05) is 18.2 Å². The van der Waals surface area contributed by atoms with Gasteiger partial charge in [-0.15, -0.1) is 0 Å². The van der Waals surface area contributed by atoms with Crippen LogP contribution < -0.4 is 5.32 Å². The highest BCUT2D eigenvalue weighted by molar-refractivity contribution is 9.10. The van der Waals surface area contributed by atoms with E-state index in [4.69, 9.17) is 16.7 Å². The fraction of sp³-hybridized carbons (Fsp3) is 0.500. The maximum absolute atomic E-state index is 8.72. The highest BCUT2D eigenvalue weighted by Gasteiger charge is 2.04. The number of halogens is 2. The van der Waals surface area contributed by atoms with Gasteiger partial charge in [0, 0.05) is 28.7 Å². The standard InChI is InChI=1S/C12H17BrClNO/c1-9(3-2-6-16)15-8-10-4-5-11(13)7-12(10)14/h4-5,7,9,15-16H,2-3,6,8H2,1H3. The summed E-state index contributed by atoms with van der Waals surface area (Å²) in [5.41, 5.74) is 1.10. The number of hydrogen-bond donors (Lipinski definition) is 2. The molecule has 4 heteroatoms. The minimum Gasteiger partial charge on any atom is -0.396 e. The molecular weight excluding hydrogens is 289 g/mol. The van der Waals surface area contributed by atoms with Crippen molar-refractivity contribution in [2.75, 3.05) is 6.61 Å². The molecule has 0 radical (unpaired) electrons. The fourth-order valence-electron chi connectivity index (χ4n) is 1.45. The molecular formula is C12H17BrClNO. The van der Waals surface area contributed by atoms with Crippen molar-refractivity contribution in [2.24, 2.45) is 0 Å². The van der Waals surface area contributed by atoms with Crippen LogP contribution in [-0.4, -0.2) is 17.8 Å². The third-order valence-electron chi connectivity index (χ3n) is 2.45. The summed E-state index contributed by atoms with van der Waals surface area (Å²) >= 11 is 9.49. The van der Waals surface area contributed by atoms with Crippen molar-refractivity contribution in [1.82, 2.24) is 5.32 Å². The number of benzene rings is 1. The van der Waals surface area contributed by atoms with Gasteiger partial charge in [-0.25, -0.2) is 0 Å². The zero-order valence-corrected chi connectivity index (χ0v) is 11.7. The van der Waals surface area contributed by atoms with Gasteiger partial charge in [-0.2, -0.15) is 0 Å². The first-order valence-corrected chi connectivity index (χ1v) is 6.58. The van der Waals surface area contributed by atoms with Crippen molar-refractivity contribution in [3.05, 3.63) is 33.3 Å². The van der Waals surface area contributed by atoms with E-state index >= 15 is 0 Å². The molecule has 0 aliphatic carbocycles. The van der Waals surface area contributed by atoms with E-state index in [0.29, 0.717) is 6.04 Å². The van der Waals surface area contributed by atoms with Crippen molar-refractivity contribution in [1.29, 1.82) is 0 Å². The largest absolute Gasteiger partial charge is 0.396 e. The highest BCUT2D eigenvalue weighted by atomic mass is 79.9. The van der Waals surface area contributed by atoms with Gasteiger partial charge in [0.15, 0.2) is 0 Å². The van der Waals surface area contributed by atoms with Crippen LogP contribution in [0.4, 0.5) is 0 Å². The monoisotopic (exact) mass is 305 g/mol. The molecule has 0 spiro atoms. The molecule has 0 heterocycles. The lowest BCUT2D eigenvalue weighted by Crippen LogP contribution is -2.25. The van der Waals surface area contributed by atoms with Crippen molar-refractivity contribution in [2.45, 2.75) is 32.4 Å². The Hall–Kier alpha value is -0.0900. The molecule has 0 amide bonds. The first-order chi connectivity index (χ1) is 7.63. The van der Waals surface area contributed by atoms with Gasteiger partial charge >= 0.3 is 0 Å². The van der Waals surface area contributed by atoms with Crippen molar-refractivity contribution in [3.63, 3.8) is 0 Å². The first kappa shape index (κ1) is 14.0. The molecule has 2 N–H and O–H groups in total. The van der Waals surface area contributed by atoms with Gasteiger partial charge in [0.05, 0.1) is 0 Å². The summed E-state index contributed by atoms with van der Waals surface area (Å²) < 4.78 is 0.995. The van der Waals surface area contributed by atoms with E-state index < -0.39 is 0 Å². The lowest BCUT2D eigenvalue weighted by molar-refractivity contribution is 0.276. The Kier molecular flexibility index (Phi) is 6.36. The van der Waals surface area contributed by atoms with Crippen molar-refractivity contribution in [3.8, 4) is 0 Å². The predicted molar refractivity (Wildman–Crippen MR) is 71.8 cm³/mol. The van der Waals surface area contributed by atoms with Gasteiger partial charge in [0.2, 0.25) is 0 Å². The number of rotatable bonds is 6. The summed E-state index contributed by atoms with van der Waals surface area (Å²) in [5.74, 6) is 0. The quantitative estimate of drug-likeness (QED) is 0.845. The summed E-state index contributed by atoms with van der Waals surface area (Å²) in [4.78, 5) is 0. The normalized spacial score (nSPS) is 12.8. The average Bonchev–Trinajstić information content (AvgIpc) is 2.25. The Morgan fingerprint density at radius 3 is 2.88 bits per heavy atom. The number of aliphatic hydroxyl groups is 1. The lowest BCUT2D eigenvalue weighted by Gasteiger charge is -2.13. The van der Waals surface area contributed by atoms with Crippen LogP contribution >= 0.6 is 27.5 Å². The predicted octanol–water partition coefficient (Wildman–Crippen LogP) is 3.35. The zero-order valence-electron chi connectivity index (χ0n) is 9.34. The number of aliphatic hydroxyl groups excluding tert-OH is 1. The Balaban J connectivity index is 2.42. The van der Waals surface area contributed by atoms with E-state index in [1.54, 1.807) is 0 Å². The second kappa shape index (κ2) is 7.28. The molecule has 1 aromatic carbocycles. The molecule has 0 aliphatic heterocycles. The molecule has 0 fully saturated rings. The van der Waals surface area contributed by atoms with Crippen LogP contribution in [0.3, 0.4) is 0 Å². The molecule has 1 rings (SSSR count). The molecule has 1 atom stereocenters. The van der Waals surface area contributed by atoms with E-state index in [9.17, 15) is 0 Å². The lowest BCUT2D eigenvalue weighted by atomic mass is 10.1. The smallest absolute Gasteiger partial charge is 0.0462 e. The SMILES string of the molecule is CC(CCCO)NCc1ccc(Br)cc1Cl. The van der Waals surface area contributed by atoms with Gasteiger partial charge < -0.3 is 10.4 Å². The molecule has 1 unspecified atom stereocenters. The molecule has 90 valence electrons. The summed E-state index contributed by atoms with van der Waals surface area (Å²) in [6, 6.07) is 6.29. The summed E-state index contributed by atoms with van der Waals surface area (Å²) in [5, 5.41) is 12.9. The van der Waals surface area contributed by atoms with Crippen LogP contribution in [0.1, 0.15) is 25.3 Å². The van der Waals surface area contributed by atoms with E-state index in [2.05, 4.69) is 28.2 Å². The summed E-state index contributed by atoms with van der Waals surface area (Å²) in [6.07, 6.45) is 1.81. The molecule has 2 nitrogen and oxygen atoms in total. The molecule has 16 heavy (non-hydrogen) atoms. The van der Waals surface area contributed by atoms with Gasteiger partial charge in [-0.05, 0) is 37.5 Å². The molecule has 0 saturated heterocycles. The van der Waals surface area contributed by atoms with Crippen molar-refractivity contribution < 1.29 is 5.11 Å². The maximum Gasteiger partial charge on any atom is 0.0462 e. The molecule has 0 aromatic heterocycles. The molecule has 0 bridgehead atoms. The highest BCUT2D eigenvalue weighted by Crippen LogP contribution is 2.21.